The average Bonchev–Trinajstić information content (AvgIpc) is 3.03. The van der Waals surface area contributed by atoms with Crippen molar-refractivity contribution in [2.24, 2.45) is 0 Å². The van der Waals surface area contributed by atoms with Crippen LogP contribution in [-0.2, 0) is 70.2 Å². The summed E-state index contributed by atoms with van der Waals surface area (Å²) in [4.78, 5) is 84.3. The molecule has 0 unspecified atom stereocenters. The molecule has 1 aliphatic rings. The normalized spacial score (nSPS) is 20.3. The Morgan fingerprint density at radius 1 is 0.800 bits per heavy atom. The van der Waals surface area contributed by atoms with E-state index in [0.717, 1.165) is 33.3 Å². The standard InChI is InChI=1S/C33H38N2O15/c1-18(36)34-28-30(48-21(4)39)29(47-20(3)38)26(17-44-19(2)37)50-32(28)45-16-25(31(41)42)35-33(43)46-15-23-10-12-24(13-11-23)49-27(40)14-22-8-6-5-7-9-22/h5-13,25-26,28-30,32H,14-17H2,1-4H3,(H,34,36)(H,35,43)(H,41,42)/t25-,26+,28+,29+,30+,32+/m0/s1. The third-order valence-corrected chi connectivity index (χ3v) is 6.80. The maximum atomic E-state index is 12.5. The molecule has 1 aliphatic heterocycles. The number of hydrogen-bond acceptors (Lipinski definition) is 14. The van der Waals surface area contributed by atoms with Crippen LogP contribution in [-0.4, -0.2) is 96.9 Å². The molecule has 17 nitrogen and oxygen atoms in total. The van der Waals surface area contributed by atoms with Crippen LogP contribution in [0.25, 0.3) is 0 Å². The van der Waals surface area contributed by atoms with E-state index in [2.05, 4.69) is 10.6 Å². The minimum absolute atomic E-state index is 0.0809. The van der Waals surface area contributed by atoms with Crippen LogP contribution in [0.4, 0.5) is 4.79 Å². The molecule has 0 radical (unpaired) electrons. The minimum Gasteiger partial charge on any atom is -0.480 e. The summed E-state index contributed by atoms with van der Waals surface area (Å²) in [5.74, 6) is -4.71. The first-order valence-corrected chi connectivity index (χ1v) is 15.2. The van der Waals surface area contributed by atoms with Gasteiger partial charge in [0.05, 0.1) is 13.0 Å². The lowest BCUT2D eigenvalue weighted by molar-refractivity contribution is -0.278. The van der Waals surface area contributed by atoms with Gasteiger partial charge in [0, 0.05) is 27.7 Å². The van der Waals surface area contributed by atoms with Crippen LogP contribution in [0, 0.1) is 0 Å². The van der Waals surface area contributed by atoms with Crippen molar-refractivity contribution < 1.29 is 71.8 Å². The summed E-state index contributed by atoms with van der Waals surface area (Å²) in [6.07, 6.45) is -6.70. The highest BCUT2D eigenvalue weighted by molar-refractivity contribution is 5.80. The van der Waals surface area contributed by atoms with E-state index in [9.17, 15) is 38.7 Å². The summed E-state index contributed by atoms with van der Waals surface area (Å²) in [6, 6.07) is 12.1. The first-order chi connectivity index (χ1) is 23.7. The van der Waals surface area contributed by atoms with Crippen LogP contribution in [0.15, 0.2) is 54.6 Å². The number of carboxylic acids is 1. The van der Waals surface area contributed by atoms with E-state index in [-0.39, 0.29) is 18.8 Å². The molecule has 1 heterocycles. The molecule has 0 saturated carbocycles. The summed E-state index contributed by atoms with van der Waals surface area (Å²) in [7, 11) is 0. The van der Waals surface area contributed by atoms with Crippen LogP contribution < -0.4 is 15.4 Å². The molecule has 3 N–H and O–H groups in total. The van der Waals surface area contributed by atoms with Gasteiger partial charge in [-0.15, -0.1) is 0 Å². The Labute approximate surface area is 286 Å². The van der Waals surface area contributed by atoms with Gasteiger partial charge in [-0.1, -0.05) is 42.5 Å². The van der Waals surface area contributed by atoms with E-state index in [4.69, 9.17) is 33.2 Å². The number of carbonyl (C=O) groups is 7. The number of alkyl carbamates (subject to hydrolysis) is 1. The zero-order chi connectivity index (χ0) is 36.8. The molecule has 0 aliphatic carbocycles. The van der Waals surface area contributed by atoms with Gasteiger partial charge >= 0.3 is 35.9 Å². The van der Waals surface area contributed by atoms with Crippen molar-refractivity contribution in [1.29, 1.82) is 0 Å². The summed E-state index contributed by atoms with van der Waals surface area (Å²) in [5, 5.41) is 14.4. The van der Waals surface area contributed by atoms with Gasteiger partial charge in [0.1, 0.15) is 31.1 Å². The maximum absolute atomic E-state index is 12.5. The number of carbonyl (C=O) groups excluding carboxylic acids is 6. The Kier molecular flexibility index (Phi) is 14.7. The summed E-state index contributed by atoms with van der Waals surface area (Å²) >= 11 is 0. The van der Waals surface area contributed by atoms with Gasteiger partial charge in [0.15, 0.2) is 24.5 Å². The summed E-state index contributed by atoms with van der Waals surface area (Å²) in [5.41, 5.74) is 1.29. The van der Waals surface area contributed by atoms with Crippen molar-refractivity contribution in [2.75, 3.05) is 13.2 Å². The zero-order valence-corrected chi connectivity index (χ0v) is 27.7. The topological polar surface area (TPSA) is 228 Å². The predicted octanol–water partition coefficient (Wildman–Crippen LogP) is 1.19. The molecule has 6 atom stereocenters. The number of benzene rings is 2. The van der Waals surface area contributed by atoms with Gasteiger partial charge in [-0.05, 0) is 23.3 Å². The highest BCUT2D eigenvalue weighted by Gasteiger charge is 2.51. The Morgan fingerprint density at radius 2 is 1.44 bits per heavy atom. The smallest absolute Gasteiger partial charge is 0.408 e. The number of ether oxygens (including phenoxy) is 7. The number of hydrogen-bond donors (Lipinski definition) is 3. The molecule has 2 aromatic rings. The molecule has 2 amide bonds. The lowest BCUT2D eigenvalue weighted by Gasteiger charge is -2.45. The van der Waals surface area contributed by atoms with E-state index in [0.29, 0.717) is 5.56 Å². The number of nitrogens with one attached hydrogen (secondary N) is 2. The Morgan fingerprint density at radius 3 is 2.02 bits per heavy atom. The van der Waals surface area contributed by atoms with Crippen LogP contribution in [0.2, 0.25) is 0 Å². The fourth-order valence-corrected chi connectivity index (χ4v) is 4.72. The molecule has 50 heavy (non-hydrogen) atoms. The molecule has 17 heteroatoms. The first-order valence-electron chi connectivity index (χ1n) is 15.2. The van der Waals surface area contributed by atoms with E-state index in [1.54, 1.807) is 24.3 Å². The second-order valence-corrected chi connectivity index (χ2v) is 10.9. The second-order valence-electron chi connectivity index (χ2n) is 10.9. The molecule has 3 rings (SSSR count). The Hall–Kier alpha value is -5.55. The molecule has 270 valence electrons. The molecule has 1 fully saturated rings. The van der Waals surface area contributed by atoms with Gasteiger partial charge in [0.2, 0.25) is 5.91 Å². The molecule has 1 saturated heterocycles. The van der Waals surface area contributed by atoms with Gasteiger partial charge in [-0.3, -0.25) is 24.0 Å². The number of aliphatic carboxylic acids is 1. The molecular formula is C33H38N2O15. The fraction of sp³-hybridized carbons (Fsp3) is 0.424. The lowest BCUT2D eigenvalue weighted by atomic mass is 9.96. The maximum Gasteiger partial charge on any atom is 0.408 e. The van der Waals surface area contributed by atoms with Gasteiger partial charge in [0.25, 0.3) is 0 Å². The number of rotatable bonds is 15. The van der Waals surface area contributed by atoms with Crippen LogP contribution in [0.1, 0.15) is 38.8 Å². The molecule has 2 aromatic carbocycles. The molecule has 0 spiro atoms. The summed E-state index contributed by atoms with van der Waals surface area (Å²) in [6.45, 7) is 2.87. The van der Waals surface area contributed by atoms with Crippen LogP contribution in [0.3, 0.4) is 0 Å². The highest BCUT2D eigenvalue weighted by Crippen LogP contribution is 2.28. The van der Waals surface area contributed by atoms with Crippen molar-refractivity contribution >= 4 is 41.8 Å². The van der Waals surface area contributed by atoms with E-state index >= 15 is 0 Å². The van der Waals surface area contributed by atoms with Crippen molar-refractivity contribution in [3.63, 3.8) is 0 Å². The highest BCUT2D eigenvalue weighted by atomic mass is 16.7. The van der Waals surface area contributed by atoms with Gasteiger partial charge in [-0.25, -0.2) is 9.59 Å². The molecular weight excluding hydrogens is 664 g/mol. The zero-order valence-electron chi connectivity index (χ0n) is 27.7. The lowest BCUT2D eigenvalue weighted by Crippen LogP contribution is -2.67. The Bertz CT molecular complexity index is 1510. The van der Waals surface area contributed by atoms with Crippen LogP contribution in [0.5, 0.6) is 5.75 Å². The summed E-state index contributed by atoms with van der Waals surface area (Å²) < 4.78 is 37.6. The van der Waals surface area contributed by atoms with E-state index in [1.165, 1.54) is 12.1 Å². The van der Waals surface area contributed by atoms with Gasteiger partial charge < -0.3 is 48.9 Å². The first kappa shape index (κ1) is 38.9. The fourth-order valence-electron chi connectivity index (χ4n) is 4.72. The van der Waals surface area contributed by atoms with E-state index in [1.807, 2.05) is 18.2 Å². The molecule has 0 bridgehead atoms. The number of esters is 4. The third-order valence-electron chi connectivity index (χ3n) is 6.80. The van der Waals surface area contributed by atoms with Crippen LogP contribution >= 0.6 is 0 Å². The largest absolute Gasteiger partial charge is 0.480 e. The second kappa shape index (κ2) is 18.8. The van der Waals surface area contributed by atoms with Crippen molar-refractivity contribution in [1.82, 2.24) is 10.6 Å². The van der Waals surface area contributed by atoms with Crippen molar-refractivity contribution in [3.05, 3.63) is 65.7 Å². The van der Waals surface area contributed by atoms with Crippen molar-refractivity contribution in [2.45, 2.75) is 77.4 Å². The minimum atomic E-state index is -1.71. The third kappa shape index (κ3) is 12.8. The Balaban J connectivity index is 1.64. The average molecular weight is 703 g/mol. The van der Waals surface area contributed by atoms with Gasteiger partial charge in [-0.2, -0.15) is 0 Å². The van der Waals surface area contributed by atoms with E-state index < -0.39 is 91.7 Å². The quantitative estimate of drug-likeness (QED) is 0.135. The number of amides is 2. The SMILES string of the molecule is CC(=O)N[C@H]1[C@H](OC[C@H](NC(=O)OCc2ccc(OC(=O)Cc3ccccc3)cc2)C(=O)O)O[C@H](COC(C)=O)[C@@H](OC(C)=O)[C@@H]1OC(C)=O. The predicted molar refractivity (Wildman–Crippen MR) is 167 cm³/mol. The van der Waals surface area contributed by atoms with Crippen molar-refractivity contribution in [3.8, 4) is 5.75 Å². The number of carboxylic acid groups (broad SMARTS) is 1. The molecule has 0 aromatic heterocycles. The monoisotopic (exact) mass is 702 g/mol.